The molecule has 6 heteroatoms. The van der Waals surface area contributed by atoms with E-state index in [0.717, 1.165) is 17.3 Å². The van der Waals surface area contributed by atoms with E-state index in [9.17, 15) is 4.79 Å². The number of aliphatic hydroxyl groups excluding tert-OH is 1. The Kier molecular flexibility index (Phi) is 5.39. The summed E-state index contributed by atoms with van der Waals surface area (Å²) in [6.07, 6.45) is 3.43. The first kappa shape index (κ1) is 15.3. The molecule has 0 saturated heterocycles. The van der Waals surface area contributed by atoms with E-state index >= 15 is 0 Å². The molecule has 0 radical (unpaired) electrons. The molecular formula is C14H20BrN3O2. The van der Waals surface area contributed by atoms with Gasteiger partial charge in [0, 0.05) is 22.7 Å². The lowest BCUT2D eigenvalue weighted by Gasteiger charge is -2.36. The van der Waals surface area contributed by atoms with Crippen molar-refractivity contribution in [2.45, 2.75) is 25.3 Å². The van der Waals surface area contributed by atoms with Gasteiger partial charge in [-0.2, -0.15) is 0 Å². The number of amides is 1. The average Bonchev–Trinajstić information content (AvgIpc) is 2.31. The van der Waals surface area contributed by atoms with Crippen molar-refractivity contribution in [3.8, 4) is 0 Å². The third kappa shape index (κ3) is 3.94. The Labute approximate surface area is 127 Å². The van der Waals surface area contributed by atoms with E-state index < -0.39 is 0 Å². The highest BCUT2D eigenvalue weighted by molar-refractivity contribution is 9.10. The summed E-state index contributed by atoms with van der Waals surface area (Å²) in [7, 11) is 0. The van der Waals surface area contributed by atoms with Crippen LogP contribution in [-0.4, -0.2) is 41.7 Å². The summed E-state index contributed by atoms with van der Waals surface area (Å²) >= 11 is 3.38. The first-order valence-electron chi connectivity index (χ1n) is 6.80. The zero-order valence-corrected chi connectivity index (χ0v) is 12.9. The lowest BCUT2D eigenvalue weighted by atomic mass is 9.91. The highest BCUT2D eigenvalue weighted by atomic mass is 79.9. The van der Waals surface area contributed by atoms with E-state index in [0.29, 0.717) is 30.5 Å². The van der Waals surface area contributed by atoms with Gasteiger partial charge in [-0.25, -0.2) is 0 Å². The van der Waals surface area contributed by atoms with Crippen LogP contribution in [-0.2, 0) is 4.79 Å². The molecule has 1 aliphatic carbocycles. The number of nitrogens with one attached hydrogen (secondary N) is 1. The first-order valence-corrected chi connectivity index (χ1v) is 7.59. The number of hydrogen-bond acceptors (Lipinski definition) is 4. The van der Waals surface area contributed by atoms with E-state index in [4.69, 9.17) is 10.8 Å². The van der Waals surface area contributed by atoms with Crippen molar-refractivity contribution in [3.63, 3.8) is 0 Å². The van der Waals surface area contributed by atoms with Crippen LogP contribution < -0.4 is 11.1 Å². The van der Waals surface area contributed by atoms with Crippen LogP contribution in [0.4, 0.5) is 11.4 Å². The highest BCUT2D eigenvalue weighted by Crippen LogP contribution is 2.26. The molecule has 0 aromatic heterocycles. The van der Waals surface area contributed by atoms with Gasteiger partial charge in [0.05, 0.1) is 18.8 Å². The maximum Gasteiger partial charge on any atom is 0.238 e. The Morgan fingerprint density at radius 2 is 2.25 bits per heavy atom. The number of carbonyl (C=O) groups excluding carboxylic acids is 1. The Morgan fingerprint density at radius 1 is 1.50 bits per heavy atom. The maximum absolute atomic E-state index is 12.1. The molecule has 20 heavy (non-hydrogen) atoms. The number of nitrogens with two attached hydrogens (primary N) is 1. The summed E-state index contributed by atoms with van der Waals surface area (Å²) in [4.78, 5) is 14.1. The number of nitrogen functional groups attached to an aromatic ring is 1. The Morgan fingerprint density at radius 3 is 2.80 bits per heavy atom. The molecule has 0 aliphatic heterocycles. The van der Waals surface area contributed by atoms with Gasteiger partial charge in [0.1, 0.15) is 0 Å². The van der Waals surface area contributed by atoms with Crippen molar-refractivity contribution < 1.29 is 9.90 Å². The molecule has 4 N–H and O–H groups in total. The average molecular weight is 342 g/mol. The number of halogens is 1. The lowest BCUT2D eigenvalue weighted by molar-refractivity contribution is -0.118. The van der Waals surface area contributed by atoms with Crippen molar-refractivity contribution >= 4 is 33.2 Å². The predicted molar refractivity (Wildman–Crippen MR) is 83.5 cm³/mol. The Hall–Kier alpha value is -1.11. The summed E-state index contributed by atoms with van der Waals surface area (Å²) < 4.78 is 0.767. The first-order chi connectivity index (χ1) is 9.60. The SMILES string of the molecule is Nc1ccc(NC(=O)CN(CCO)C2CCC2)c(Br)c1. The van der Waals surface area contributed by atoms with E-state index in [1.165, 1.54) is 6.42 Å². The second-order valence-electron chi connectivity index (χ2n) is 5.07. The molecule has 0 bridgehead atoms. The molecule has 0 unspecified atom stereocenters. The molecule has 0 heterocycles. The summed E-state index contributed by atoms with van der Waals surface area (Å²) in [5, 5.41) is 12.0. The summed E-state index contributed by atoms with van der Waals surface area (Å²) in [6.45, 7) is 0.929. The summed E-state index contributed by atoms with van der Waals surface area (Å²) in [5.41, 5.74) is 7.02. The topological polar surface area (TPSA) is 78.6 Å². The van der Waals surface area contributed by atoms with E-state index in [2.05, 4.69) is 21.2 Å². The third-order valence-corrected chi connectivity index (χ3v) is 4.25. The van der Waals surface area contributed by atoms with E-state index in [1.807, 2.05) is 4.90 Å². The maximum atomic E-state index is 12.1. The van der Waals surface area contributed by atoms with Crippen LogP contribution in [0.5, 0.6) is 0 Å². The molecule has 2 rings (SSSR count). The summed E-state index contributed by atoms with van der Waals surface area (Å²) in [5.74, 6) is -0.0733. The normalized spacial score (nSPS) is 15.2. The molecule has 1 aliphatic rings. The molecule has 1 aromatic rings. The van der Waals surface area contributed by atoms with Crippen molar-refractivity contribution in [2.24, 2.45) is 0 Å². The van der Waals surface area contributed by atoms with Gasteiger partial charge in [-0.15, -0.1) is 0 Å². The standard InChI is InChI=1S/C14H20BrN3O2/c15-12-8-10(16)4-5-13(12)17-14(20)9-18(6-7-19)11-2-1-3-11/h4-5,8,11,19H,1-3,6-7,9,16H2,(H,17,20). The van der Waals surface area contributed by atoms with Crippen molar-refractivity contribution in [1.29, 1.82) is 0 Å². The minimum atomic E-state index is -0.0733. The second-order valence-corrected chi connectivity index (χ2v) is 5.92. The zero-order valence-electron chi connectivity index (χ0n) is 11.3. The monoisotopic (exact) mass is 341 g/mol. The van der Waals surface area contributed by atoms with Crippen LogP contribution in [0.3, 0.4) is 0 Å². The Balaban J connectivity index is 1.93. The highest BCUT2D eigenvalue weighted by Gasteiger charge is 2.26. The molecular weight excluding hydrogens is 322 g/mol. The lowest BCUT2D eigenvalue weighted by Crippen LogP contribution is -2.45. The molecule has 0 atom stereocenters. The van der Waals surface area contributed by atoms with Gasteiger partial charge in [-0.3, -0.25) is 9.69 Å². The number of aliphatic hydroxyl groups is 1. The Bertz CT molecular complexity index is 477. The zero-order chi connectivity index (χ0) is 14.5. The molecule has 1 fully saturated rings. The van der Waals surface area contributed by atoms with Crippen LogP contribution >= 0.6 is 15.9 Å². The molecule has 0 spiro atoms. The number of hydrogen-bond donors (Lipinski definition) is 3. The quantitative estimate of drug-likeness (QED) is 0.689. The van der Waals surface area contributed by atoms with Crippen LogP contribution in [0.2, 0.25) is 0 Å². The van der Waals surface area contributed by atoms with Gasteiger partial charge < -0.3 is 16.2 Å². The van der Waals surface area contributed by atoms with Crippen LogP contribution in [0.15, 0.2) is 22.7 Å². The molecule has 1 amide bonds. The van der Waals surface area contributed by atoms with Crippen LogP contribution in [0.25, 0.3) is 0 Å². The van der Waals surface area contributed by atoms with Gasteiger partial charge in [-0.1, -0.05) is 6.42 Å². The van der Waals surface area contributed by atoms with Crippen LogP contribution in [0.1, 0.15) is 19.3 Å². The van der Waals surface area contributed by atoms with Gasteiger partial charge in [0.2, 0.25) is 5.91 Å². The fourth-order valence-electron chi connectivity index (χ4n) is 2.28. The second kappa shape index (κ2) is 7.06. The van der Waals surface area contributed by atoms with Crippen LogP contribution in [0, 0.1) is 0 Å². The van der Waals surface area contributed by atoms with Crippen molar-refractivity contribution in [2.75, 3.05) is 30.7 Å². The van der Waals surface area contributed by atoms with E-state index in [-0.39, 0.29) is 12.5 Å². The van der Waals surface area contributed by atoms with Crippen molar-refractivity contribution in [3.05, 3.63) is 22.7 Å². The smallest absolute Gasteiger partial charge is 0.238 e. The predicted octanol–water partition coefficient (Wildman–Crippen LogP) is 1.82. The molecule has 5 nitrogen and oxygen atoms in total. The number of carbonyl (C=O) groups is 1. The molecule has 1 aromatic carbocycles. The number of rotatable bonds is 6. The van der Waals surface area contributed by atoms with Gasteiger partial charge in [0.15, 0.2) is 0 Å². The number of benzene rings is 1. The fraction of sp³-hybridized carbons (Fsp3) is 0.500. The number of nitrogens with zero attached hydrogens (tertiary/aromatic N) is 1. The largest absolute Gasteiger partial charge is 0.399 e. The van der Waals surface area contributed by atoms with Gasteiger partial charge in [0.25, 0.3) is 0 Å². The summed E-state index contributed by atoms with van der Waals surface area (Å²) in [6, 6.07) is 5.71. The van der Waals surface area contributed by atoms with Gasteiger partial charge in [-0.05, 0) is 47.0 Å². The molecule has 1 saturated carbocycles. The molecule has 110 valence electrons. The third-order valence-electron chi connectivity index (χ3n) is 3.59. The van der Waals surface area contributed by atoms with E-state index in [1.54, 1.807) is 18.2 Å². The van der Waals surface area contributed by atoms with Gasteiger partial charge >= 0.3 is 0 Å². The number of anilines is 2. The fourth-order valence-corrected chi connectivity index (χ4v) is 2.77. The minimum Gasteiger partial charge on any atom is -0.399 e. The minimum absolute atomic E-state index is 0.0733. The van der Waals surface area contributed by atoms with Crippen molar-refractivity contribution in [1.82, 2.24) is 4.90 Å².